The van der Waals surface area contributed by atoms with Crippen LogP contribution in [0.3, 0.4) is 0 Å². The van der Waals surface area contributed by atoms with Crippen molar-refractivity contribution in [3.63, 3.8) is 0 Å². The van der Waals surface area contributed by atoms with E-state index in [0.29, 0.717) is 12.2 Å². The Morgan fingerprint density at radius 1 is 1.40 bits per heavy atom. The summed E-state index contributed by atoms with van der Waals surface area (Å²) < 4.78 is 1.64. The Bertz CT molecular complexity index is 511. The lowest BCUT2D eigenvalue weighted by Crippen LogP contribution is -2.65. The van der Waals surface area contributed by atoms with Gasteiger partial charge < -0.3 is 5.32 Å². The summed E-state index contributed by atoms with van der Waals surface area (Å²) in [5.74, 6) is 0.496. The maximum absolute atomic E-state index is 12.7. The fourth-order valence-electron chi connectivity index (χ4n) is 2.53. The molecule has 6 heteroatoms. The number of anilines is 1. The molecule has 0 aliphatic carbocycles. The summed E-state index contributed by atoms with van der Waals surface area (Å²) in [5.41, 5.74) is 0. The molecule has 3 atom stereocenters. The molecule has 1 aromatic rings. The van der Waals surface area contributed by atoms with Gasteiger partial charge in [-0.15, -0.1) is 0 Å². The second-order valence-electron chi connectivity index (χ2n) is 5.35. The minimum atomic E-state index is -0.474. The average molecular weight is 278 g/mol. The molecule has 2 rings (SSSR count). The van der Waals surface area contributed by atoms with Crippen molar-refractivity contribution in [2.75, 3.05) is 4.90 Å². The zero-order valence-electron chi connectivity index (χ0n) is 12.5. The third kappa shape index (κ3) is 2.42. The van der Waals surface area contributed by atoms with Gasteiger partial charge in [0.05, 0.1) is 0 Å². The van der Waals surface area contributed by atoms with Crippen LogP contribution in [0, 0.1) is 5.92 Å². The van der Waals surface area contributed by atoms with Crippen molar-refractivity contribution < 1.29 is 9.59 Å². The summed E-state index contributed by atoms with van der Waals surface area (Å²) in [4.78, 5) is 26.5. The fourth-order valence-corrected chi connectivity index (χ4v) is 2.53. The van der Waals surface area contributed by atoms with E-state index in [1.807, 2.05) is 20.8 Å². The number of piperazine rings is 1. The van der Waals surface area contributed by atoms with Crippen molar-refractivity contribution in [3.8, 4) is 0 Å². The van der Waals surface area contributed by atoms with E-state index in [2.05, 4.69) is 10.4 Å². The predicted molar refractivity (Wildman–Crippen MR) is 76.2 cm³/mol. The molecule has 1 aliphatic heterocycles. The van der Waals surface area contributed by atoms with Crippen LogP contribution in [0.2, 0.25) is 0 Å². The SMILES string of the molecule is CCC(C)C1NC(=O)C(CC)N(c2ccn(C)n2)C1=O. The van der Waals surface area contributed by atoms with Crippen LogP contribution in [-0.4, -0.2) is 33.7 Å². The quantitative estimate of drug-likeness (QED) is 0.896. The number of aromatic nitrogens is 2. The molecule has 110 valence electrons. The number of carbonyl (C=O) groups excluding carboxylic acids is 2. The molecule has 0 radical (unpaired) electrons. The topological polar surface area (TPSA) is 67.2 Å². The molecule has 1 fully saturated rings. The Morgan fingerprint density at radius 3 is 2.60 bits per heavy atom. The van der Waals surface area contributed by atoms with Crippen LogP contribution in [0.25, 0.3) is 0 Å². The van der Waals surface area contributed by atoms with E-state index >= 15 is 0 Å². The van der Waals surface area contributed by atoms with Crippen molar-refractivity contribution in [3.05, 3.63) is 12.3 Å². The molecule has 3 unspecified atom stereocenters. The van der Waals surface area contributed by atoms with Gasteiger partial charge in [-0.3, -0.25) is 19.2 Å². The lowest BCUT2D eigenvalue weighted by molar-refractivity contribution is -0.135. The molecule has 0 bridgehead atoms. The largest absolute Gasteiger partial charge is 0.342 e. The number of carbonyl (C=O) groups is 2. The molecule has 1 aliphatic rings. The van der Waals surface area contributed by atoms with Crippen LogP contribution < -0.4 is 10.2 Å². The van der Waals surface area contributed by atoms with E-state index in [1.54, 1.807) is 28.9 Å². The Morgan fingerprint density at radius 2 is 2.10 bits per heavy atom. The summed E-state index contributed by atoms with van der Waals surface area (Å²) >= 11 is 0. The number of amides is 2. The summed E-state index contributed by atoms with van der Waals surface area (Å²) in [6.45, 7) is 5.89. The third-order valence-electron chi connectivity index (χ3n) is 3.96. The molecule has 2 amide bonds. The van der Waals surface area contributed by atoms with Crippen LogP contribution in [0.1, 0.15) is 33.6 Å². The fraction of sp³-hybridized carbons (Fsp3) is 0.643. The van der Waals surface area contributed by atoms with E-state index in [-0.39, 0.29) is 17.7 Å². The summed E-state index contributed by atoms with van der Waals surface area (Å²) in [6, 6.07) is 0.835. The number of rotatable bonds is 4. The standard InChI is InChI=1S/C14H22N4O2/c1-5-9(3)12-14(20)18(10(6-2)13(19)15-12)11-7-8-17(4)16-11/h7-10,12H,5-6H2,1-4H3,(H,15,19). The molecule has 0 saturated carbocycles. The molecule has 6 nitrogen and oxygen atoms in total. The molecule has 0 aromatic carbocycles. The van der Waals surface area contributed by atoms with Crippen LogP contribution in [-0.2, 0) is 16.6 Å². The molecule has 1 N–H and O–H groups in total. The molecule has 1 aromatic heterocycles. The summed E-state index contributed by atoms with van der Waals surface area (Å²) in [5, 5.41) is 7.14. The van der Waals surface area contributed by atoms with Gasteiger partial charge in [-0.1, -0.05) is 27.2 Å². The lowest BCUT2D eigenvalue weighted by atomic mass is 9.93. The summed E-state index contributed by atoms with van der Waals surface area (Å²) in [7, 11) is 1.80. The lowest BCUT2D eigenvalue weighted by Gasteiger charge is -2.39. The number of aryl methyl sites for hydroxylation is 1. The maximum Gasteiger partial charge on any atom is 0.251 e. The number of hydrogen-bond donors (Lipinski definition) is 1. The highest BCUT2D eigenvalue weighted by atomic mass is 16.2. The minimum absolute atomic E-state index is 0.0653. The van der Waals surface area contributed by atoms with Crippen molar-refractivity contribution in [2.24, 2.45) is 13.0 Å². The normalized spacial score (nSPS) is 24.7. The smallest absolute Gasteiger partial charge is 0.251 e. The van der Waals surface area contributed by atoms with E-state index in [9.17, 15) is 9.59 Å². The highest BCUT2D eigenvalue weighted by Gasteiger charge is 2.42. The van der Waals surface area contributed by atoms with Gasteiger partial charge >= 0.3 is 0 Å². The van der Waals surface area contributed by atoms with Crippen molar-refractivity contribution >= 4 is 17.6 Å². The predicted octanol–water partition coefficient (Wildman–Crippen LogP) is 1.08. The Kier molecular flexibility index (Phi) is 4.11. The third-order valence-corrected chi connectivity index (χ3v) is 3.96. The van der Waals surface area contributed by atoms with Crippen molar-refractivity contribution in [2.45, 2.75) is 45.7 Å². The Hall–Kier alpha value is -1.85. The first kappa shape index (κ1) is 14.6. The van der Waals surface area contributed by atoms with Gasteiger partial charge in [-0.2, -0.15) is 5.10 Å². The monoisotopic (exact) mass is 278 g/mol. The van der Waals surface area contributed by atoms with Crippen LogP contribution in [0.5, 0.6) is 0 Å². The average Bonchev–Trinajstić information content (AvgIpc) is 2.85. The van der Waals surface area contributed by atoms with Gasteiger partial charge in [0.1, 0.15) is 12.1 Å². The van der Waals surface area contributed by atoms with E-state index in [1.165, 1.54) is 0 Å². The Labute approximate surface area is 119 Å². The summed E-state index contributed by atoms with van der Waals surface area (Å²) in [6.07, 6.45) is 3.19. The van der Waals surface area contributed by atoms with E-state index in [4.69, 9.17) is 0 Å². The van der Waals surface area contributed by atoms with E-state index in [0.717, 1.165) is 6.42 Å². The number of nitrogens with one attached hydrogen (secondary N) is 1. The molecule has 0 spiro atoms. The minimum Gasteiger partial charge on any atom is -0.342 e. The van der Waals surface area contributed by atoms with E-state index < -0.39 is 12.1 Å². The van der Waals surface area contributed by atoms with Crippen molar-refractivity contribution in [1.29, 1.82) is 0 Å². The van der Waals surface area contributed by atoms with Gasteiger partial charge in [-0.25, -0.2) is 0 Å². The maximum atomic E-state index is 12.7. The van der Waals surface area contributed by atoms with Gasteiger partial charge in [0.25, 0.3) is 5.91 Å². The first-order valence-corrected chi connectivity index (χ1v) is 7.12. The van der Waals surface area contributed by atoms with Crippen LogP contribution in [0.15, 0.2) is 12.3 Å². The highest BCUT2D eigenvalue weighted by molar-refractivity contribution is 6.08. The molecule has 20 heavy (non-hydrogen) atoms. The second kappa shape index (κ2) is 5.64. The number of hydrogen-bond acceptors (Lipinski definition) is 3. The Balaban J connectivity index is 2.37. The first-order chi connectivity index (χ1) is 9.49. The van der Waals surface area contributed by atoms with Gasteiger partial charge in [0, 0.05) is 19.3 Å². The van der Waals surface area contributed by atoms with Crippen LogP contribution >= 0.6 is 0 Å². The van der Waals surface area contributed by atoms with Gasteiger partial charge in [0.2, 0.25) is 5.91 Å². The molecular weight excluding hydrogens is 256 g/mol. The molecular formula is C14H22N4O2. The number of nitrogens with zero attached hydrogens (tertiary/aromatic N) is 3. The zero-order chi connectivity index (χ0) is 14.9. The van der Waals surface area contributed by atoms with Gasteiger partial charge in [-0.05, 0) is 12.3 Å². The highest BCUT2D eigenvalue weighted by Crippen LogP contribution is 2.24. The molecule has 2 heterocycles. The zero-order valence-corrected chi connectivity index (χ0v) is 12.5. The van der Waals surface area contributed by atoms with Gasteiger partial charge in [0.15, 0.2) is 5.82 Å². The molecule has 1 saturated heterocycles. The van der Waals surface area contributed by atoms with Crippen molar-refractivity contribution in [1.82, 2.24) is 15.1 Å². The first-order valence-electron chi connectivity index (χ1n) is 7.12. The van der Waals surface area contributed by atoms with Crippen LogP contribution in [0.4, 0.5) is 5.82 Å². The second-order valence-corrected chi connectivity index (χ2v) is 5.35.